The van der Waals surface area contributed by atoms with Crippen LogP contribution in [-0.2, 0) is 20.1 Å². The summed E-state index contributed by atoms with van der Waals surface area (Å²) in [6, 6.07) is 33.1. The van der Waals surface area contributed by atoms with Crippen molar-refractivity contribution in [2.45, 2.75) is 33.6 Å². The molecule has 0 saturated carbocycles. The molecule has 0 atom stereocenters. The molecule has 187 valence electrons. The van der Waals surface area contributed by atoms with E-state index in [1.807, 2.05) is 36.5 Å². The van der Waals surface area contributed by atoms with Crippen LogP contribution in [0.5, 0.6) is 0 Å². The molecule has 0 bridgehead atoms. The summed E-state index contributed by atoms with van der Waals surface area (Å²) in [6.07, 6.45) is 3.63. The first kappa shape index (κ1) is 26.5. The molecule has 3 nitrogen and oxygen atoms in total. The van der Waals surface area contributed by atoms with Gasteiger partial charge in [-0.05, 0) is 49.0 Å². The van der Waals surface area contributed by atoms with Gasteiger partial charge in [0.15, 0.2) is 0 Å². The zero-order chi connectivity index (χ0) is 25.1. The van der Waals surface area contributed by atoms with Gasteiger partial charge in [-0.3, -0.25) is 0 Å². The predicted octanol–water partition coefficient (Wildman–Crippen LogP) is 8.73. The third kappa shape index (κ3) is 5.88. The van der Waals surface area contributed by atoms with Gasteiger partial charge in [-0.25, -0.2) is 0 Å². The number of hydrogen-bond acceptors (Lipinski definition) is 3. The quantitative estimate of drug-likeness (QED) is 0.178. The Bertz CT molecular complexity index is 1620. The number of rotatable bonds is 3. The topological polar surface area (TPSA) is 38.9 Å². The smallest absolute Gasteiger partial charge is 0.121 e. The first-order valence-electron chi connectivity index (χ1n) is 12.2. The summed E-state index contributed by atoms with van der Waals surface area (Å²) >= 11 is 0. The standard InChI is InChI=1S/C19H14NO.C14H14N.Ir/c1-12-6-7-14-15-4-3-5-16(19(15)21-18(14)11-12)17-10-13(2)8-9-20-17;1-11(2)12-6-8-13(9-7-12)14-5-3-4-10-15-14;/h3-4,6-11H,1-2H3;3-8,10-11H,1-2H3;/q2*-1;. The predicted molar refractivity (Wildman–Crippen MR) is 148 cm³/mol. The van der Waals surface area contributed by atoms with Gasteiger partial charge in [-0.15, -0.1) is 53.6 Å². The summed E-state index contributed by atoms with van der Waals surface area (Å²) in [5.41, 5.74) is 9.32. The van der Waals surface area contributed by atoms with Crippen molar-refractivity contribution in [1.82, 2.24) is 9.97 Å². The van der Waals surface area contributed by atoms with Gasteiger partial charge in [0, 0.05) is 37.9 Å². The second kappa shape index (κ2) is 11.6. The molecule has 0 amide bonds. The first-order chi connectivity index (χ1) is 17.5. The fourth-order valence-corrected chi connectivity index (χ4v) is 4.19. The average molecular weight is 661 g/mol. The van der Waals surface area contributed by atoms with E-state index in [9.17, 15) is 0 Å². The van der Waals surface area contributed by atoms with Crippen molar-refractivity contribution in [2.24, 2.45) is 0 Å². The first-order valence-corrected chi connectivity index (χ1v) is 12.2. The summed E-state index contributed by atoms with van der Waals surface area (Å²) in [5.74, 6) is 0.555. The minimum absolute atomic E-state index is 0. The molecule has 4 heteroatoms. The van der Waals surface area contributed by atoms with Gasteiger partial charge in [0.05, 0.1) is 5.58 Å². The second-order valence-electron chi connectivity index (χ2n) is 9.32. The summed E-state index contributed by atoms with van der Waals surface area (Å²) in [5, 5.41) is 2.25. The molecule has 3 heterocycles. The van der Waals surface area contributed by atoms with E-state index in [1.54, 1.807) is 6.20 Å². The maximum absolute atomic E-state index is 6.09. The Morgan fingerprint density at radius 3 is 2.27 bits per heavy atom. The van der Waals surface area contributed by atoms with Crippen molar-refractivity contribution in [3.05, 3.63) is 120 Å². The van der Waals surface area contributed by atoms with E-state index in [4.69, 9.17) is 4.42 Å². The molecule has 0 N–H and O–H groups in total. The van der Waals surface area contributed by atoms with Crippen LogP contribution in [0.1, 0.15) is 36.5 Å². The van der Waals surface area contributed by atoms with Crippen LogP contribution >= 0.6 is 0 Å². The molecular weight excluding hydrogens is 633 g/mol. The van der Waals surface area contributed by atoms with E-state index in [1.165, 1.54) is 16.7 Å². The molecule has 3 aromatic heterocycles. The Kier molecular flexibility index (Phi) is 8.33. The van der Waals surface area contributed by atoms with Crippen LogP contribution in [0, 0.1) is 26.0 Å². The molecule has 0 aliphatic carbocycles. The number of aromatic nitrogens is 2. The molecule has 0 aliphatic heterocycles. The van der Waals surface area contributed by atoms with Crippen LogP contribution in [0.2, 0.25) is 0 Å². The van der Waals surface area contributed by atoms with Crippen LogP contribution in [-0.4, -0.2) is 9.97 Å². The minimum Gasteiger partial charge on any atom is -0.501 e. The number of benzene rings is 3. The molecule has 0 saturated heterocycles. The van der Waals surface area contributed by atoms with Crippen LogP contribution < -0.4 is 0 Å². The summed E-state index contributed by atoms with van der Waals surface area (Å²) < 4.78 is 6.09. The Balaban J connectivity index is 0.000000178. The molecule has 1 radical (unpaired) electrons. The van der Waals surface area contributed by atoms with E-state index in [0.717, 1.165) is 44.5 Å². The monoisotopic (exact) mass is 661 g/mol. The maximum atomic E-state index is 6.09. The second-order valence-corrected chi connectivity index (χ2v) is 9.32. The number of pyridine rings is 2. The summed E-state index contributed by atoms with van der Waals surface area (Å²) in [4.78, 5) is 8.75. The fraction of sp³-hybridized carbons (Fsp3) is 0.152. The zero-order valence-electron chi connectivity index (χ0n) is 21.4. The van der Waals surface area contributed by atoms with Crippen LogP contribution in [0.15, 0.2) is 95.7 Å². The Hall–Kier alpha value is -3.59. The van der Waals surface area contributed by atoms with Gasteiger partial charge in [0.25, 0.3) is 0 Å². The molecule has 37 heavy (non-hydrogen) atoms. The number of fused-ring (bicyclic) bond motifs is 3. The van der Waals surface area contributed by atoms with E-state index in [0.29, 0.717) is 5.92 Å². The Morgan fingerprint density at radius 2 is 1.57 bits per heavy atom. The molecule has 0 fully saturated rings. The van der Waals surface area contributed by atoms with Crippen molar-refractivity contribution in [2.75, 3.05) is 0 Å². The van der Waals surface area contributed by atoms with Crippen molar-refractivity contribution in [3.63, 3.8) is 0 Å². The van der Waals surface area contributed by atoms with Crippen molar-refractivity contribution in [3.8, 4) is 22.5 Å². The number of nitrogens with zero attached hydrogens (tertiary/aromatic N) is 2. The molecule has 0 unspecified atom stereocenters. The van der Waals surface area contributed by atoms with Crippen molar-refractivity contribution in [1.29, 1.82) is 0 Å². The molecule has 0 aliphatic rings. The number of aryl methyl sites for hydroxylation is 2. The van der Waals surface area contributed by atoms with Gasteiger partial charge in [-0.2, -0.15) is 0 Å². The third-order valence-electron chi connectivity index (χ3n) is 6.20. The maximum Gasteiger partial charge on any atom is 0.121 e. The molecule has 6 rings (SSSR count). The largest absolute Gasteiger partial charge is 0.501 e. The number of hydrogen-bond donors (Lipinski definition) is 0. The van der Waals surface area contributed by atoms with Gasteiger partial charge in [0.2, 0.25) is 0 Å². The minimum atomic E-state index is 0. The Labute approximate surface area is 232 Å². The van der Waals surface area contributed by atoms with Gasteiger partial charge < -0.3 is 14.4 Å². The fourth-order valence-electron chi connectivity index (χ4n) is 4.19. The van der Waals surface area contributed by atoms with E-state index >= 15 is 0 Å². The zero-order valence-corrected chi connectivity index (χ0v) is 23.8. The van der Waals surface area contributed by atoms with Crippen LogP contribution in [0.4, 0.5) is 0 Å². The average Bonchev–Trinajstić information content (AvgIpc) is 3.27. The third-order valence-corrected chi connectivity index (χ3v) is 6.20. The van der Waals surface area contributed by atoms with Crippen LogP contribution in [0.25, 0.3) is 44.5 Å². The van der Waals surface area contributed by atoms with Gasteiger partial charge >= 0.3 is 0 Å². The molecule has 6 aromatic rings. The Morgan fingerprint density at radius 1 is 0.757 bits per heavy atom. The SMILES string of the molecule is CC(C)c1c[c-]c(-c2ccccn2)cc1.Cc1ccnc(-c2[c-]ccc3c2oc2cc(C)ccc23)c1.[Ir]. The molecule has 3 aromatic carbocycles. The normalized spacial score (nSPS) is 10.7. The van der Waals surface area contributed by atoms with Crippen molar-refractivity contribution < 1.29 is 24.5 Å². The van der Waals surface area contributed by atoms with E-state index < -0.39 is 0 Å². The van der Waals surface area contributed by atoms with E-state index in [2.05, 4.69) is 98.3 Å². The number of furan rings is 1. The summed E-state index contributed by atoms with van der Waals surface area (Å²) in [6.45, 7) is 8.50. The van der Waals surface area contributed by atoms with Crippen LogP contribution in [0.3, 0.4) is 0 Å². The van der Waals surface area contributed by atoms with Gasteiger partial charge in [-0.1, -0.05) is 66.6 Å². The van der Waals surface area contributed by atoms with Gasteiger partial charge in [0.1, 0.15) is 5.58 Å². The molecule has 0 spiro atoms. The summed E-state index contributed by atoms with van der Waals surface area (Å²) in [7, 11) is 0. The van der Waals surface area contributed by atoms with Crippen molar-refractivity contribution >= 4 is 21.9 Å². The molecular formula is C33H28IrN2O-2. The van der Waals surface area contributed by atoms with E-state index in [-0.39, 0.29) is 20.1 Å².